The first kappa shape index (κ1) is 13.2. The standard InChI is InChI=1S/C12H13ClFN3S/c1-7(2)17-11(15-16-12(17)18)6-8-9(13)4-3-5-10(8)14/h3-5,7H,6H2,1-2H3,(H,16,18). The molecule has 0 aliphatic heterocycles. The number of rotatable bonds is 3. The smallest absolute Gasteiger partial charge is 0.195 e. The van der Waals surface area contributed by atoms with E-state index in [4.69, 9.17) is 23.8 Å². The molecule has 96 valence electrons. The third kappa shape index (κ3) is 2.47. The lowest BCUT2D eigenvalue weighted by Crippen LogP contribution is -2.08. The molecule has 0 unspecified atom stereocenters. The SMILES string of the molecule is CC(C)n1c(Cc2c(F)cccc2Cl)n[nH]c1=S. The van der Waals surface area contributed by atoms with E-state index in [1.54, 1.807) is 12.1 Å². The van der Waals surface area contributed by atoms with Gasteiger partial charge in [-0.3, -0.25) is 5.10 Å². The highest BCUT2D eigenvalue weighted by molar-refractivity contribution is 7.71. The van der Waals surface area contributed by atoms with Crippen molar-refractivity contribution < 1.29 is 4.39 Å². The molecule has 0 radical (unpaired) electrons. The first-order chi connectivity index (χ1) is 8.50. The van der Waals surface area contributed by atoms with Crippen LogP contribution in [-0.2, 0) is 6.42 Å². The van der Waals surface area contributed by atoms with Crippen LogP contribution < -0.4 is 0 Å². The summed E-state index contributed by atoms with van der Waals surface area (Å²) >= 11 is 11.2. The van der Waals surface area contributed by atoms with E-state index in [9.17, 15) is 4.39 Å². The lowest BCUT2D eigenvalue weighted by atomic mass is 10.1. The second-order valence-electron chi connectivity index (χ2n) is 4.29. The molecule has 0 atom stereocenters. The van der Waals surface area contributed by atoms with Gasteiger partial charge in [0.05, 0.1) is 0 Å². The molecule has 1 aromatic heterocycles. The van der Waals surface area contributed by atoms with Crippen LogP contribution in [0.25, 0.3) is 0 Å². The van der Waals surface area contributed by atoms with Crippen LogP contribution in [0.3, 0.4) is 0 Å². The normalized spacial score (nSPS) is 11.2. The molecule has 0 bridgehead atoms. The van der Waals surface area contributed by atoms with Crippen LogP contribution in [0.5, 0.6) is 0 Å². The van der Waals surface area contributed by atoms with Gasteiger partial charge in [-0.25, -0.2) is 4.39 Å². The Kier molecular flexibility index (Phi) is 3.82. The van der Waals surface area contributed by atoms with Crippen LogP contribution in [0, 0.1) is 10.6 Å². The molecule has 0 fully saturated rings. The minimum atomic E-state index is -0.327. The molecule has 0 aliphatic carbocycles. The van der Waals surface area contributed by atoms with Crippen molar-refractivity contribution in [1.82, 2.24) is 14.8 Å². The number of aromatic amines is 1. The highest BCUT2D eigenvalue weighted by Gasteiger charge is 2.14. The van der Waals surface area contributed by atoms with Crippen molar-refractivity contribution in [3.63, 3.8) is 0 Å². The van der Waals surface area contributed by atoms with Gasteiger partial charge < -0.3 is 4.57 Å². The van der Waals surface area contributed by atoms with Crippen LogP contribution in [-0.4, -0.2) is 14.8 Å². The first-order valence-corrected chi connectivity index (χ1v) is 6.38. The quantitative estimate of drug-likeness (QED) is 0.868. The van der Waals surface area contributed by atoms with E-state index in [1.165, 1.54) is 6.07 Å². The second-order valence-corrected chi connectivity index (χ2v) is 5.08. The van der Waals surface area contributed by atoms with Crippen molar-refractivity contribution in [3.8, 4) is 0 Å². The summed E-state index contributed by atoms with van der Waals surface area (Å²) in [6.07, 6.45) is 0.316. The number of nitrogens with one attached hydrogen (secondary N) is 1. The van der Waals surface area contributed by atoms with Crippen molar-refractivity contribution in [2.45, 2.75) is 26.3 Å². The van der Waals surface area contributed by atoms with Gasteiger partial charge in [0.25, 0.3) is 0 Å². The zero-order valence-corrected chi connectivity index (χ0v) is 11.6. The number of halogens is 2. The molecule has 3 nitrogen and oxygen atoms in total. The van der Waals surface area contributed by atoms with Crippen molar-refractivity contribution in [1.29, 1.82) is 0 Å². The first-order valence-electron chi connectivity index (χ1n) is 5.59. The van der Waals surface area contributed by atoms with Gasteiger partial charge in [0, 0.05) is 23.0 Å². The molecule has 2 rings (SSSR count). The maximum Gasteiger partial charge on any atom is 0.195 e. The van der Waals surface area contributed by atoms with Gasteiger partial charge in [-0.15, -0.1) is 0 Å². The monoisotopic (exact) mass is 285 g/mol. The molecule has 0 amide bonds. The number of nitrogens with zero attached hydrogens (tertiary/aromatic N) is 2. The van der Waals surface area contributed by atoms with E-state index in [-0.39, 0.29) is 11.9 Å². The zero-order valence-electron chi connectivity index (χ0n) is 10.1. The van der Waals surface area contributed by atoms with Crippen molar-refractivity contribution in [2.24, 2.45) is 0 Å². The van der Waals surface area contributed by atoms with Crippen LogP contribution in [0.2, 0.25) is 5.02 Å². The topological polar surface area (TPSA) is 33.6 Å². The van der Waals surface area contributed by atoms with Crippen LogP contribution in [0.15, 0.2) is 18.2 Å². The van der Waals surface area contributed by atoms with Crippen molar-refractivity contribution in [3.05, 3.63) is 45.2 Å². The highest BCUT2D eigenvalue weighted by Crippen LogP contribution is 2.22. The Balaban J connectivity index is 2.44. The number of hydrogen-bond acceptors (Lipinski definition) is 2. The predicted octanol–water partition coefficient (Wildman–Crippen LogP) is 3.90. The van der Waals surface area contributed by atoms with Crippen LogP contribution in [0.4, 0.5) is 4.39 Å². The summed E-state index contributed by atoms with van der Waals surface area (Å²) < 4.78 is 16.1. The largest absolute Gasteiger partial charge is 0.301 e. The van der Waals surface area contributed by atoms with Gasteiger partial charge in [-0.1, -0.05) is 17.7 Å². The Morgan fingerprint density at radius 3 is 2.83 bits per heavy atom. The minimum Gasteiger partial charge on any atom is -0.301 e. The summed E-state index contributed by atoms with van der Waals surface area (Å²) in [5.41, 5.74) is 0.440. The Morgan fingerprint density at radius 2 is 2.22 bits per heavy atom. The molecule has 6 heteroatoms. The van der Waals surface area contributed by atoms with Gasteiger partial charge in [-0.2, -0.15) is 5.10 Å². The molecule has 0 saturated heterocycles. The van der Waals surface area contributed by atoms with Gasteiger partial charge in [0.15, 0.2) is 4.77 Å². The van der Waals surface area contributed by atoms with Crippen molar-refractivity contribution >= 4 is 23.8 Å². The van der Waals surface area contributed by atoms with Crippen molar-refractivity contribution in [2.75, 3.05) is 0 Å². The fourth-order valence-electron chi connectivity index (χ4n) is 1.85. The third-order valence-electron chi connectivity index (χ3n) is 2.69. The molecule has 2 aromatic rings. The fourth-order valence-corrected chi connectivity index (χ4v) is 2.45. The molecule has 1 heterocycles. The number of aromatic nitrogens is 3. The molecular weight excluding hydrogens is 273 g/mol. The number of hydrogen-bond donors (Lipinski definition) is 1. The maximum atomic E-state index is 13.7. The molecule has 0 aliphatic rings. The van der Waals surface area contributed by atoms with E-state index < -0.39 is 0 Å². The maximum absolute atomic E-state index is 13.7. The lowest BCUT2D eigenvalue weighted by Gasteiger charge is -2.11. The summed E-state index contributed by atoms with van der Waals surface area (Å²) in [6.45, 7) is 4.00. The molecule has 0 saturated carbocycles. The summed E-state index contributed by atoms with van der Waals surface area (Å²) in [4.78, 5) is 0. The summed E-state index contributed by atoms with van der Waals surface area (Å²) in [6, 6.07) is 4.81. The van der Waals surface area contributed by atoms with E-state index in [1.807, 2.05) is 18.4 Å². The Hall–Kier alpha value is -1.20. The molecule has 1 N–H and O–H groups in total. The van der Waals surface area contributed by atoms with Gasteiger partial charge in [-0.05, 0) is 38.2 Å². The van der Waals surface area contributed by atoms with Gasteiger partial charge in [0.2, 0.25) is 0 Å². The molecule has 0 spiro atoms. The van der Waals surface area contributed by atoms with E-state index in [2.05, 4.69) is 10.2 Å². The fraction of sp³-hybridized carbons (Fsp3) is 0.333. The Morgan fingerprint density at radius 1 is 1.50 bits per heavy atom. The van der Waals surface area contributed by atoms with Crippen LogP contribution >= 0.6 is 23.8 Å². The zero-order chi connectivity index (χ0) is 13.3. The Bertz CT molecular complexity index is 598. The molecule has 18 heavy (non-hydrogen) atoms. The van der Waals surface area contributed by atoms with E-state index in [0.717, 1.165) is 0 Å². The van der Waals surface area contributed by atoms with Gasteiger partial charge >= 0.3 is 0 Å². The average Bonchev–Trinajstić information content (AvgIpc) is 2.65. The summed E-state index contributed by atoms with van der Waals surface area (Å²) in [7, 11) is 0. The lowest BCUT2D eigenvalue weighted by molar-refractivity contribution is 0.560. The van der Waals surface area contributed by atoms with Crippen LogP contribution in [0.1, 0.15) is 31.3 Å². The van der Waals surface area contributed by atoms with Gasteiger partial charge in [0.1, 0.15) is 11.6 Å². The second kappa shape index (κ2) is 5.20. The summed E-state index contributed by atoms with van der Waals surface area (Å²) in [5, 5.41) is 7.27. The average molecular weight is 286 g/mol. The molecular formula is C12H13ClFN3S. The third-order valence-corrected chi connectivity index (χ3v) is 3.33. The number of H-pyrrole nitrogens is 1. The highest BCUT2D eigenvalue weighted by atomic mass is 35.5. The van der Waals surface area contributed by atoms with E-state index in [0.29, 0.717) is 27.6 Å². The summed E-state index contributed by atoms with van der Waals surface area (Å²) in [5.74, 6) is 0.355. The Labute approximate surface area is 115 Å². The molecule has 1 aromatic carbocycles. The minimum absolute atomic E-state index is 0.164. The predicted molar refractivity (Wildman–Crippen MR) is 72.0 cm³/mol. The number of benzene rings is 1. The van der Waals surface area contributed by atoms with E-state index >= 15 is 0 Å².